The van der Waals surface area contributed by atoms with Gasteiger partial charge in [-0.2, -0.15) is 0 Å². The molecule has 0 aromatic heterocycles. The van der Waals surface area contributed by atoms with Gasteiger partial charge in [-0.15, -0.1) is 0 Å². The van der Waals surface area contributed by atoms with E-state index in [0.29, 0.717) is 0 Å². The van der Waals surface area contributed by atoms with Gasteiger partial charge in [0, 0.05) is 0 Å². The second-order valence-corrected chi connectivity index (χ2v) is 4.35. The molecule has 72 valence electrons. The van der Waals surface area contributed by atoms with Crippen molar-refractivity contribution in [1.82, 2.24) is 0 Å². The van der Waals surface area contributed by atoms with Crippen molar-refractivity contribution in [3.05, 3.63) is 42.0 Å². The molecule has 1 rings (SSSR count). The summed E-state index contributed by atoms with van der Waals surface area (Å²) >= 11 is 0. The van der Waals surface area contributed by atoms with Gasteiger partial charge in [-0.25, -0.2) is 0 Å². The van der Waals surface area contributed by atoms with Gasteiger partial charge < -0.3 is 9.79 Å². The van der Waals surface area contributed by atoms with Crippen molar-refractivity contribution in [3.8, 4) is 0 Å². The summed E-state index contributed by atoms with van der Waals surface area (Å²) < 4.78 is 10.5. The van der Waals surface area contributed by atoms with Crippen LogP contribution in [0.4, 0.5) is 0 Å². The van der Waals surface area contributed by atoms with Gasteiger partial charge in [0.15, 0.2) is 0 Å². The van der Waals surface area contributed by atoms with Gasteiger partial charge in [0.05, 0.1) is 6.16 Å². The molecule has 0 saturated carbocycles. The van der Waals surface area contributed by atoms with E-state index in [1.165, 1.54) is 6.08 Å². The summed E-state index contributed by atoms with van der Waals surface area (Å²) in [6.45, 7) is 0. The predicted molar refractivity (Wildman–Crippen MR) is 59.5 cm³/mol. The van der Waals surface area contributed by atoms with E-state index in [1.54, 1.807) is 6.08 Å². The molecule has 1 aromatic carbocycles. The van der Waals surface area contributed by atoms with Crippen LogP contribution in [0.2, 0.25) is 0 Å². The molecule has 0 aliphatic carbocycles. The van der Waals surface area contributed by atoms with E-state index in [0.717, 1.165) is 5.56 Å². The van der Waals surface area contributed by atoms with Gasteiger partial charge in [-0.1, -0.05) is 42.5 Å². The van der Waals surface area contributed by atoms with Crippen LogP contribution in [0.25, 0.3) is 6.08 Å². The molecule has 3 nitrogen and oxygen atoms in total. The Morgan fingerprint density at radius 3 is 2.29 bits per heavy atom. The molecule has 0 unspecified atom stereocenters. The van der Waals surface area contributed by atoms with Crippen LogP contribution in [0.1, 0.15) is 5.56 Å². The van der Waals surface area contributed by atoms with Crippen LogP contribution in [0.15, 0.2) is 36.4 Å². The average Bonchev–Trinajstić information content (AvgIpc) is 2.04. The fourth-order valence-corrected chi connectivity index (χ4v) is 1.27. The summed E-state index contributed by atoms with van der Waals surface area (Å²) in [6.07, 6.45) is 2.97. The maximum atomic E-state index is 10.5. The van der Waals surface area contributed by atoms with Crippen molar-refractivity contribution < 1.29 is 14.4 Å². The summed E-state index contributed by atoms with van der Waals surface area (Å²) in [4.78, 5) is 17.1. The van der Waals surface area contributed by atoms with E-state index in [-0.39, 0.29) is 35.7 Å². The summed E-state index contributed by atoms with van der Waals surface area (Å²) in [5.41, 5.74) is 0.941. The molecule has 0 amide bonds. The first-order chi connectivity index (χ1) is 6.08. The third kappa shape index (κ3) is 6.55. The molecule has 0 spiro atoms. The first kappa shape index (κ1) is 14.1. The minimum absolute atomic E-state index is 0. The molecule has 2 N–H and O–H groups in total. The molecular weight excluding hydrogens is 210 g/mol. The van der Waals surface area contributed by atoms with Gasteiger partial charge in [-0.05, 0) is 5.56 Å². The normalized spacial score (nSPS) is 11.3. The van der Waals surface area contributed by atoms with Gasteiger partial charge in [0.2, 0.25) is 0 Å². The molecule has 0 aliphatic heterocycles. The molecule has 5 heteroatoms. The fraction of sp³-hybridized carbons (Fsp3) is 0.111. The number of benzene rings is 1. The fourth-order valence-electron chi connectivity index (χ4n) is 0.890. The molecule has 14 heavy (non-hydrogen) atoms. The minimum atomic E-state index is -3.89. The SMILES string of the molecule is O=P(O)(O)CC=Cc1ccccc1.[NaH]. The van der Waals surface area contributed by atoms with Crippen LogP contribution in [0.3, 0.4) is 0 Å². The van der Waals surface area contributed by atoms with Crippen LogP contribution in [0.5, 0.6) is 0 Å². The summed E-state index contributed by atoms with van der Waals surface area (Å²) in [5.74, 6) is 0. The van der Waals surface area contributed by atoms with Gasteiger partial charge in [0.25, 0.3) is 0 Å². The molecule has 0 bridgehead atoms. The van der Waals surface area contributed by atoms with Crippen molar-refractivity contribution in [2.75, 3.05) is 6.16 Å². The van der Waals surface area contributed by atoms with E-state index < -0.39 is 7.60 Å². The molecule has 1 aromatic rings. The Labute approximate surface area is 105 Å². The second-order valence-electron chi connectivity index (χ2n) is 2.66. The third-order valence-corrected chi connectivity index (χ3v) is 2.14. The van der Waals surface area contributed by atoms with Crippen LogP contribution in [-0.4, -0.2) is 45.5 Å². The second kappa shape index (κ2) is 6.57. The molecule has 0 heterocycles. The molecule has 0 atom stereocenters. The Balaban J connectivity index is 0.00000169. The zero-order valence-corrected chi connectivity index (χ0v) is 7.89. The van der Waals surface area contributed by atoms with E-state index in [1.807, 2.05) is 30.3 Å². The van der Waals surface area contributed by atoms with Crippen LogP contribution < -0.4 is 0 Å². The standard InChI is InChI=1S/C9H11O3P.Na.H/c10-13(11,12)8-4-7-9-5-2-1-3-6-9;;/h1-7H,8H2,(H2,10,11,12);;. The average molecular weight is 222 g/mol. The van der Waals surface area contributed by atoms with Crippen molar-refractivity contribution in [2.45, 2.75) is 0 Å². The van der Waals surface area contributed by atoms with Crippen molar-refractivity contribution >= 4 is 43.2 Å². The molecule has 0 radical (unpaired) electrons. The predicted octanol–water partition coefficient (Wildman–Crippen LogP) is 1.23. The Bertz CT molecular complexity index is 331. The number of hydrogen-bond donors (Lipinski definition) is 2. The zero-order chi connectivity index (χ0) is 9.73. The first-order valence-corrected chi connectivity index (χ1v) is 5.64. The van der Waals surface area contributed by atoms with Gasteiger partial charge in [-0.3, -0.25) is 4.57 Å². The topological polar surface area (TPSA) is 57.5 Å². The monoisotopic (exact) mass is 222 g/mol. The van der Waals surface area contributed by atoms with Crippen molar-refractivity contribution in [1.29, 1.82) is 0 Å². The van der Waals surface area contributed by atoms with Crippen LogP contribution >= 0.6 is 7.60 Å². The molecule has 0 saturated heterocycles. The Kier molecular flexibility index (Phi) is 6.62. The molecule has 0 aliphatic rings. The quantitative estimate of drug-likeness (QED) is 0.597. The third-order valence-electron chi connectivity index (χ3n) is 1.45. The number of allylic oxidation sites excluding steroid dienone is 1. The van der Waals surface area contributed by atoms with E-state index in [2.05, 4.69) is 0 Å². The van der Waals surface area contributed by atoms with E-state index in [4.69, 9.17) is 9.79 Å². The van der Waals surface area contributed by atoms with Crippen LogP contribution in [-0.2, 0) is 4.57 Å². The van der Waals surface area contributed by atoms with Crippen molar-refractivity contribution in [3.63, 3.8) is 0 Å². The Morgan fingerprint density at radius 1 is 1.21 bits per heavy atom. The first-order valence-electron chi connectivity index (χ1n) is 3.84. The van der Waals surface area contributed by atoms with E-state index in [9.17, 15) is 4.57 Å². The summed E-state index contributed by atoms with van der Waals surface area (Å²) in [6, 6.07) is 9.38. The molecule has 0 fully saturated rings. The van der Waals surface area contributed by atoms with Gasteiger partial charge in [0.1, 0.15) is 0 Å². The van der Waals surface area contributed by atoms with Crippen LogP contribution in [0, 0.1) is 0 Å². The molecular formula is C9H12NaO3P. The number of rotatable bonds is 3. The van der Waals surface area contributed by atoms with E-state index >= 15 is 0 Å². The van der Waals surface area contributed by atoms with Crippen molar-refractivity contribution in [2.24, 2.45) is 0 Å². The summed E-state index contributed by atoms with van der Waals surface area (Å²) in [7, 11) is -3.89. The summed E-state index contributed by atoms with van der Waals surface area (Å²) in [5, 5.41) is 0. The zero-order valence-electron chi connectivity index (χ0n) is 7.00. The van der Waals surface area contributed by atoms with Gasteiger partial charge >= 0.3 is 37.2 Å². The Morgan fingerprint density at radius 2 is 1.79 bits per heavy atom. The maximum absolute atomic E-state index is 10.5. The number of hydrogen-bond acceptors (Lipinski definition) is 1. The Hall–Kier alpha value is 0.110.